The largest absolute Gasteiger partial charge is 0.867 e. The highest BCUT2D eigenvalue weighted by Crippen LogP contribution is 2.25. The predicted molar refractivity (Wildman–Crippen MR) is 123 cm³/mol. The topological polar surface area (TPSA) is 48.2 Å². The normalized spacial score (nSPS) is 11.6. The van der Waals surface area contributed by atoms with Crippen molar-refractivity contribution in [2.24, 2.45) is 0 Å². The van der Waals surface area contributed by atoms with Crippen LogP contribution in [0.2, 0.25) is 0 Å². The number of fused-ring (bicyclic) bond motifs is 1. The standard InChI is InChI=1S/C25H20N2O2S/c1-29-20-14-12-19(13-15-20)24(28)23(27-16-5-2-6-17-27)25(30)26-22-11-7-9-18-8-3-4-10-21(18)22/h2-17H,1H3,(H-,26,28,30). The zero-order valence-corrected chi connectivity index (χ0v) is 17.2. The molecule has 1 N–H and O–H groups in total. The highest BCUT2D eigenvalue weighted by molar-refractivity contribution is 7.81. The first kappa shape index (κ1) is 19.6. The number of aromatic nitrogens is 1. The molecule has 0 spiro atoms. The van der Waals surface area contributed by atoms with E-state index in [2.05, 4.69) is 5.32 Å². The van der Waals surface area contributed by atoms with Crippen molar-refractivity contribution in [1.29, 1.82) is 0 Å². The first-order valence-corrected chi connectivity index (χ1v) is 9.89. The number of ether oxygens (including phenoxy) is 1. The Bertz CT molecular complexity index is 1210. The van der Waals surface area contributed by atoms with E-state index in [0.29, 0.717) is 22.0 Å². The molecule has 0 atom stereocenters. The van der Waals surface area contributed by atoms with Crippen LogP contribution in [0.3, 0.4) is 0 Å². The Hall–Kier alpha value is -3.70. The summed E-state index contributed by atoms with van der Waals surface area (Å²) in [5, 5.41) is 18.8. The lowest BCUT2D eigenvalue weighted by Gasteiger charge is -2.17. The van der Waals surface area contributed by atoms with Gasteiger partial charge in [-0.2, -0.15) is 4.57 Å². The van der Waals surface area contributed by atoms with Crippen molar-refractivity contribution in [3.63, 3.8) is 0 Å². The molecule has 0 bridgehead atoms. The molecule has 5 heteroatoms. The Morgan fingerprint density at radius 1 is 0.867 bits per heavy atom. The fraction of sp³-hybridized carbons (Fsp3) is 0.0400. The fourth-order valence-corrected chi connectivity index (χ4v) is 3.59. The SMILES string of the molecule is COc1ccc(/C([O-])=C(/C(=S)Nc2cccc3ccccc23)[n+]2ccccc2)cc1. The Labute approximate surface area is 180 Å². The molecule has 0 aliphatic carbocycles. The lowest BCUT2D eigenvalue weighted by atomic mass is 10.1. The summed E-state index contributed by atoms with van der Waals surface area (Å²) in [6.07, 6.45) is 3.63. The minimum atomic E-state index is -0.174. The van der Waals surface area contributed by atoms with Crippen LogP contribution >= 0.6 is 12.2 Å². The third-order valence-electron chi connectivity index (χ3n) is 4.79. The minimum absolute atomic E-state index is 0.174. The molecule has 1 aromatic heterocycles. The maximum atomic E-state index is 13.4. The summed E-state index contributed by atoms with van der Waals surface area (Å²) in [7, 11) is 1.59. The molecule has 0 aliphatic rings. The number of nitrogens with zero attached hydrogens (tertiary/aromatic N) is 1. The Kier molecular flexibility index (Phi) is 5.72. The summed E-state index contributed by atoms with van der Waals surface area (Å²) < 4.78 is 6.94. The summed E-state index contributed by atoms with van der Waals surface area (Å²) in [6.45, 7) is 0. The number of nitrogens with one attached hydrogen (secondary N) is 1. The summed E-state index contributed by atoms with van der Waals surface area (Å²) >= 11 is 5.71. The molecule has 148 valence electrons. The highest BCUT2D eigenvalue weighted by atomic mass is 32.1. The third kappa shape index (κ3) is 4.02. The highest BCUT2D eigenvalue weighted by Gasteiger charge is 2.19. The second-order valence-corrected chi connectivity index (χ2v) is 7.08. The predicted octanol–water partition coefficient (Wildman–Crippen LogP) is 4.26. The van der Waals surface area contributed by atoms with Crippen molar-refractivity contribution in [2.45, 2.75) is 0 Å². The van der Waals surface area contributed by atoms with E-state index in [1.54, 1.807) is 35.9 Å². The van der Waals surface area contributed by atoms with E-state index >= 15 is 0 Å². The molecule has 4 rings (SSSR count). The molecule has 0 amide bonds. The second-order valence-electron chi connectivity index (χ2n) is 6.67. The number of hydrogen-bond acceptors (Lipinski definition) is 3. The van der Waals surface area contributed by atoms with Crippen molar-refractivity contribution in [1.82, 2.24) is 0 Å². The fourth-order valence-electron chi connectivity index (χ4n) is 3.28. The second kappa shape index (κ2) is 8.76. The van der Waals surface area contributed by atoms with E-state index in [-0.39, 0.29) is 5.76 Å². The zero-order chi connectivity index (χ0) is 20.9. The lowest BCUT2D eigenvalue weighted by molar-refractivity contribution is -0.577. The van der Waals surface area contributed by atoms with E-state index < -0.39 is 0 Å². The molecule has 3 aromatic carbocycles. The van der Waals surface area contributed by atoms with Crippen molar-refractivity contribution in [3.8, 4) is 5.75 Å². The van der Waals surface area contributed by atoms with Crippen LogP contribution in [0.4, 0.5) is 5.69 Å². The van der Waals surface area contributed by atoms with Gasteiger partial charge in [-0.25, -0.2) is 0 Å². The van der Waals surface area contributed by atoms with Crippen LogP contribution in [0.5, 0.6) is 5.75 Å². The molecule has 0 aliphatic heterocycles. The van der Waals surface area contributed by atoms with Gasteiger partial charge < -0.3 is 15.2 Å². The maximum Gasteiger partial charge on any atom is 0.238 e. The van der Waals surface area contributed by atoms with Gasteiger partial charge in [-0.15, -0.1) is 0 Å². The van der Waals surface area contributed by atoms with E-state index in [9.17, 15) is 5.11 Å². The molecule has 30 heavy (non-hydrogen) atoms. The number of thiocarbonyl (C=S) groups is 1. The van der Waals surface area contributed by atoms with Gasteiger partial charge in [-0.05, 0) is 34.9 Å². The molecule has 0 unspecified atom stereocenters. The quantitative estimate of drug-likeness (QED) is 0.230. The van der Waals surface area contributed by atoms with Crippen molar-refractivity contribution >= 4 is 45.1 Å². The van der Waals surface area contributed by atoms with Gasteiger partial charge in [0.15, 0.2) is 17.4 Å². The average molecular weight is 413 g/mol. The summed E-state index contributed by atoms with van der Waals surface area (Å²) in [6, 6.07) is 26.7. The Morgan fingerprint density at radius 2 is 1.57 bits per heavy atom. The molecule has 4 aromatic rings. The zero-order valence-electron chi connectivity index (χ0n) is 16.4. The van der Waals surface area contributed by atoms with Crippen LogP contribution in [0.15, 0.2) is 97.3 Å². The minimum Gasteiger partial charge on any atom is -0.867 e. The number of rotatable bonds is 5. The van der Waals surface area contributed by atoms with Gasteiger partial charge >= 0.3 is 0 Å². The molecule has 0 saturated carbocycles. The van der Waals surface area contributed by atoms with Gasteiger partial charge in [-0.1, -0.05) is 66.8 Å². The molecular formula is C25H20N2O2S. The van der Waals surface area contributed by atoms with Gasteiger partial charge in [0.25, 0.3) is 0 Å². The van der Waals surface area contributed by atoms with Crippen LogP contribution < -0.4 is 19.7 Å². The van der Waals surface area contributed by atoms with Crippen molar-refractivity contribution < 1.29 is 14.4 Å². The summed E-state index contributed by atoms with van der Waals surface area (Å²) in [5.74, 6) is 0.517. The number of anilines is 1. The molecule has 0 fully saturated rings. The monoisotopic (exact) mass is 412 g/mol. The average Bonchev–Trinajstić information content (AvgIpc) is 2.80. The van der Waals surface area contributed by atoms with E-state index in [4.69, 9.17) is 17.0 Å². The van der Waals surface area contributed by atoms with Crippen LogP contribution in [0.1, 0.15) is 5.56 Å². The van der Waals surface area contributed by atoms with Crippen LogP contribution in [-0.4, -0.2) is 12.1 Å². The van der Waals surface area contributed by atoms with E-state index in [1.165, 1.54) is 0 Å². The number of benzene rings is 3. The third-order valence-corrected chi connectivity index (χ3v) is 5.09. The number of pyridine rings is 1. The molecule has 0 saturated heterocycles. The molecule has 1 heterocycles. The summed E-state index contributed by atoms with van der Waals surface area (Å²) in [4.78, 5) is 0.350. The molecule has 0 radical (unpaired) electrons. The van der Waals surface area contributed by atoms with Gasteiger partial charge in [0, 0.05) is 23.2 Å². The van der Waals surface area contributed by atoms with Gasteiger partial charge in [0.2, 0.25) is 5.70 Å². The first-order valence-electron chi connectivity index (χ1n) is 9.49. The van der Waals surface area contributed by atoms with E-state index in [1.807, 2.05) is 73.1 Å². The van der Waals surface area contributed by atoms with Crippen LogP contribution in [0.25, 0.3) is 22.2 Å². The van der Waals surface area contributed by atoms with Crippen molar-refractivity contribution in [2.75, 3.05) is 12.4 Å². The Morgan fingerprint density at radius 3 is 2.30 bits per heavy atom. The first-order chi connectivity index (χ1) is 14.7. The number of methoxy groups -OCH3 is 1. The molecular weight excluding hydrogens is 392 g/mol. The molecule has 4 nitrogen and oxygen atoms in total. The smallest absolute Gasteiger partial charge is 0.238 e. The van der Waals surface area contributed by atoms with Gasteiger partial charge in [0.1, 0.15) is 5.75 Å². The summed E-state index contributed by atoms with van der Waals surface area (Å²) in [5.41, 5.74) is 1.77. The van der Waals surface area contributed by atoms with Gasteiger partial charge in [-0.3, -0.25) is 0 Å². The van der Waals surface area contributed by atoms with E-state index in [0.717, 1.165) is 16.5 Å². The maximum absolute atomic E-state index is 13.4. The number of hydrogen-bond donors (Lipinski definition) is 1. The van der Waals surface area contributed by atoms with Crippen LogP contribution in [-0.2, 0) is 0 Å². The Balaban J connectivity index is 1.78. The lowest BCUT2D eigenvalue weighted by Crippen LogP contribution is -2.39. The van der Waals surface area contributed by atoms with Crippen molar-refractivity contribution in [3.05, 3.63) is 103 Å². The van der Waals surface area contributed by atoms with Gasteiger partial charge in [0.05, 0.1) is 7.11 Å². The van der Waals surface area contributed by atoms with Crippen LogP contribution in [0, 0.1) is 0 Å².